The van der Waals surface area contributed by atoms with Crippen molar-refractivity contribution in [3.63, 3.8) is 0 Å². The van der Waals surface area contributed by atoms with E-state index in [0.717, 1.165) is 19.1 Å². The monoisotopic (exact) mass is 298 g/mol. The molecular formula is C13H12F2N2O4. The largest absolute Gasteiger partial charge is 0.465 e. The Kier molecular flexibility index (Phi) is 4.92. The van der Waals surface area contributed by atoms with Crippen LogP contribution in [-0.2, 0) is 14.9 Å². The summed E-state index contributed by atoms with van der Waals surface area (Å²) in [5.41, 5.74) is -3.54. The minimum Gasteiger partial charge on any atom is -0.465 e. The van der Waals surface area contributed by atoms with E-state index in [9.17, 15) is 29.0 Å². The molecule has 0 aliphatic rings. The van der Waals surface area contributed by atoms with Crippen molar-refractivity contribution in [3.8, 4) is 6.07 Å². The molecule has 0 aromatic heterocycles. The van der Waals surface area contributed by atoms with Crippen LogP contribution in [0.1, 0.15) is 31.4 Å². The summed E-state index contributed by atoms with van der Waals surface area (Å²) in [6.07, 6.45) is -3.07. The molecular weight excluding hydrogens is 286 g/mol. The lowest BCUT2D eigenvalue weighted by atomic mass is 9.81. The molecule has 6 nitrogen and oxygen atoms in total. The first-order chi connectivity index (χ1) is 9.77. The molecule has 0 bridgehead atoms. The number of nitro groups is 1. The number of hydrogen-bond donors (Lipinski definition) is 0. The number of ether oxygens (including phenoxy) is 1. The molecule has 0 spiro atoms. The van der Waals surface area contributed by atoms with E-state index in [2.05, 4.69) is 0 Å². The number of alkyl halides is 2. The molecule has 8 heteroatoms. The predicted molar refractivity (Wildman–Crippen MR) is 67.7 cm³/mol. The lowest BCUT2D eigenvalue weighted by Crippen LogP contribution is -2.34. The van der Waals surface area contributed by atoms with E-state index in [1.807, 2.05) is 0 Å². The smallest absolute Gasteiger partial charge is 0.330 e. The maximum absolute atomic E-state index is 13.1. The minimum atomic E-state index is -3.07. The average molecular weight is 298 g/mol. The summed E-state index contributed by atoms with van der Waals surface area (Å²) in [7, 11) is 0. The van der Waals surface area contributed by atoms with Crippen molar-refractivity contribution in [1.29, 1.82) is 5.26 Å². The second-order valence-corrected chi connectivity index (χ2v) is 4.29. The van der Waals surface area contributed by atoms with Gasteiger partial charge >= 0.3 is 5.97 Å². The third-order valence-corrected chi connectivity index (χ3v) is 2.93. The van der Waals surface area contributed by atoms with Crippen LogP contribution in [0.25, 0.3) is 0 Å². The van der Waals surface area contributed by atoms with Crippen LogP contribution < -0.4 is 0 Å². The first-order valence-corrected chi connectivity index (χ1v) is 5.93. The van der Waals surface area contributed by atoms with Gasteiger partial charge < -0.3 is 4.74 Å². The highest BCUT2D eigenvalue weighted by Gasteiger charge is 2.41. The van der Waals surface area contributed by atoms with Gasteiger partial charge in [0, 0.05) is 17.7 Å². The number of carbonyl (C=O) groups is 1. The van der Waals surface area contributed by atoms with Crippen LogP contribution in [0.15, 0.2) is 18.2 Å². The molecule has 0 radical (unpaired) electrons. The summed E-state index contributed by atoms with van der Waals surface area (Å²) in [6, 6.07) is 4.26. The molecule has 1 unspecified atom stereocenters. The zero-order chi connectivity index (χ0) is 16.2. The highest BCUT2D eigenvalue weighted by Crippen LogP contribution is 2.35. The normalized spacial score (nSPS) is 13.3. The molecule has 1 rings (SSSR count). The van der Waals surface area contributed by atoms with Gasteiger partial charge in [0.1, 0.15) is 0 Å². The average Bonchev–Trinajstić information content (AvgIpc) is 2.45. The van der Waals surface area contributed by atoms with Crippen LogP contribution >= 0.6 is 0 Å². The second-order valence-electron chi connectivity index (χ2n) is 4.29. The van der Waals surface area contributed by atoms with Crippen LogP contribution in [0.3, 0.4) is 0 Å². The Labute approximate surface area is 119 Å². The molecule has 0 aliphatic carbocycles. The van der Waals surface area contributed by atoms with E-state index >= 15 is 0 Å². The van der Waals surface area contributed by atoms with E-state index in [4.69, 9.17) is 4.74 Å². The SMILES string of the molecule is CCOC(=O)C(C)(C#N)c1ccc([N+](=O)[O-])cc1C(F)F. The minimum absolute atomic E-state index is 0.0207. The molecule has 0 saturated heterocycles. The number of nitriles is 1. The Morgan fingerprint density at radius 2 is 2.19 bits per heavy atom. The van der Waals surface area contributed by atoms with Crippen LogP contribution in [0, 0.1) is 21.4 Å². The van der Waals surface area contributed by atoms with Gasteiger partial charge in [-0.05, 0) is 25.5 Å². The van der Waals surface area contributed by atoms with E-state index in [0.29, 0.717) is 6.07 Å². The van der Waals surface area contributed by atoms with Gasteiger partial charge in [-0.1, -0.05) is 0 Å². The van der Waals surface area contributed by atoms with Gasteiger partial charge in [-0.2, -0.15) is 5.26 Å². The van der Waals surface area contributed by atoms with Crippen molar-refractivity contribution in [2.24, 2.45) is 0 Å². The summed E-state index contributed by atoms with van der Waals surface area (Å²) in [6.45, 7) is 2.63. The standard InChI is InChI=1S/C13H12F2N2O4/c1-3-21-12(18)13(2,7-16)10-5-4-8(17(19)20)6-9(10)11(14)15/h4-6,11H,3H2,1-2H3. The number of rotatable bonds is 5. The predicted octanol–water partition coefficient (Wildman–Crippen LogP) is 2.88. The maximum Gasteiger partial charge on any atom is 0.330 e. The molecule has 0 fully saturated rings. The van der Waals surface area contributed by atoms with Crippen LogP contribution in [0.4, 0.5) is 14.5 Å². The van der Waals surface area contributed by atoms with Crippen LogP contribution in [-0.4, -0.2) is 17.5 Å². The molecule has 1 aromatic carbocycles. The van der Waals surface area contributed by atoms with Crippen molar-refractivity contribution < 1.29 is 23.2 Å². The van der Waals surface area contributed by atoms with E-state index in [-0.39, 0.29) is 12.2 Å². The number of nitro benzene ring substituents is 1. The van der Waals surface area contributed by atoms with Gasteiger partial charge in [0.15, 0.2) is 5.41 Å². The van der Waals surface area contributed by atoms with Crippen molar-refractivity contribution >= 4 is 11.7 Å². The third kappa shape index (κ3) is 3.13. The Morgan fingerprint density at radius 3 is 2.62 bits per heavy atom. The number of hydrogen-bond acceptors (Lipinski definition) is 5. The van der Waals surface area contributed by atoms with Crippen molar-refractivity contribution in [2.45, 2.75) is 25.7 Å². The molecule has 0 N–H and O–H groups in total. The summed E-state index contributed by atoms with van der Waals surface area (Å²) < 4.78 is 30.9. The summed E-state index contributed by atoms with van der Waals surface area (Å²) in [4.78, 5) is 21.7. The topological polar surface area (TPSA) is 93.2 Å². The summed E-state index contributed by atoms with van der Waals surface area (Å²) in [5, 5.41) is 19.8. The van der Waals surface area contributed by atoms with Gasteiger partial charge in [0.25, 0.3) is 12.1 Å². The highest BCUT2D eigenvalue weighted by molar-refractivity contribution is 5.87. The maximum atomic E-state index is 13.1. The Bertz CT molecular complexity index is 613. The van der Waals surface area contributed by atoms with Crippen LogP contribution in [0.5, 0.6) is 0 Å². The molecule has 0 heterocycles. The van der Waals surface area contributed by atoms with Crippen molar-refractivity contribution in [3.05, 3.63) is 39.4 Å². The van der Waals surface area contributed by atoms with Gasteiger partial charge in [-0.3, -0.25) is 10.1 Å². The Balaban J connectivity index is 3.50. The summed E-state index contributed by atoms with van der Waals surface area (Å²) >= 11 is 0. The molecule has 0 aliphatic heterocycles. The first kappa shape index (κ1) is 16.5. The van der Waals surface area contributed by atoms with Crippen molar-refractivity contribution in [2.75, 3.05) is 6.61 Å². The number of benzene rings is 1. The molecule has 112 valence electrons. The molecule has 1 aromatic rings. The molecule has 1 atom stereocenters. The number of esters is 1. The fourth-order valence-corrected chi connectivity index (χ4v) is 1.79. The lowest BCUT2D eigenvalue weighted by molar-refractivity contribution is -0.385. The van der Waals surface area contributed by atoms with E-state index < -0.39 is 34.0 Å². The number of halogens is 2. The molecule has 0 saturated carbocycles. The first-order valence-electron chi connectivity index (χ1n) is 5.93. The quantitative estimate of drug-likeness (QED) is 0.473. The highest BCUT2D eigenvalue weighted by atomic mass is 19.3. The van der Waals surface area contributed by atoms with Gasteiger partial charge in [-0.25, -0.2) is 13.6 Å². The van der Waals surface area contributed by atoms with Crippen LogP contribution in [0.2, 0.25) is 0 Å². The van der Waals surface area contributed by atoms with E-state index in [1.54, 1.807) is 6.07 Å². The number of non-ortho nitro benzene ring substituents is 1. The van der Waals surface area contributed by atoms with Gasteiger partial charge in [-0.15, -0.1) is 0 Å². The molecule has 0 amide bonds. The van der Waals surface area contributed by atoms with Gasteiger partial charge in [0.2, 0.25) is 0 Å². The summed E-state index contributed by atoms with van der Waals surface area (Å²) in [5.74, 6) is -0.983. The number of nitrogens with zero attached hydrogens (tertiary/aromatic N) is 2. The zero-order valence-electron chi connectivity index (χ0n) is 11.3. The second kappa shape index (κ2) is 6.26. The number of carbonyl (C=O) groups excluding carboxylic acids is 1. The Hall–Kier alpha value is -2.56. The Morgan fingerprint density at radius 1 is 1.57 bits per heavy atom. The fraction of sp³-hybridized carbons (Fsp3) is 0.385. The third-order valence-electron chi connectivity index (χ3n) is 2.93. The van der Waals surface area contributed by atoms with Crippen molar-refractivity contribution in [1.82, 2.24) is 0 Å². The lowest BCUT2D eigenvalue weighted by Gasteiger charge is -2.22. The van der Waals surface area contributed by atoms with E-state index in [1.165, 1.54) is 6.92 Å². The fourth-order valence-electron chi connectivity index (χ4n) is 1.79. The zero-order valence-corrected chi connectivity index (χ0v) is 11.3. The van der Waals surface area contributed by atoms with Gasteiger partial charge in [0.05, 0.1) is 17.6 Å². The molecule has 21 heavy (non-hydrogen) atoms.